The van der Waals surface area contributed by atoms with Gasteiger partial charge in [0.15, 0.2) is 0 Å². The van der Waals surface area contributed by atoms with E-state index < -0.39 is 0 Å². The van der Waals surface area contributed by atoms with Gasteiger partial charge in [-0.25, -0.2) is 0 Å². The number of rotatable bonds is 4. The second-order valence-electron chi connectivity index (χ2n) is 5.52. The molecule has 2 aliphatic rings. The fourth-order valence-electron chi connectivity index (χ4n) is 2.82. The van der Waals surface area contributed by atoms with Crippen LogP contribution in [0, 0.1) is 5.92 Å². The van der Waals surface area contributed by atoms with Crippen molar-refractivity contribution in [2.24, 2.45) is 5.92 Å². The van der Waals surface area contributed by atoms with Crippen molar-refractivity contribution in [1.29, 1.82) is 0 Å². The van der Waals surface area contributed by atoms with Crippen LogP contribution in [0.3, 0.4) is 0 Å². The van der Waals surface area contributed by atoms with E-state index in [1.165, 1.54) is 12.0 Å². The van der Waals surface area contributed by atoms with Crippen LogP contribution in [0.2, 0.25) is 0 Å². The first-order valence-corrected chi connectivity index (χ1v) is 6.86. The second-order valence-corrected chi connectivity index (χ2v) is 5.52. The van der Waals surface area contributed by atoms with Gasteiger partial charge in [0.25, 0.3) is 0 Å². The van der Waals surface area contributed by atoms with Crippen LogP contribution in [0.5, 0.6) is 0 Å². The second kappa shape index (κ2) is 4.73. The van der Waals surface area contributed by atoms with Crippen LogP contribution in [0.15, 0.2) is 30.3 Å². The van der Waals surface area contributed by atoms with E-state index in [2.05, 4.69) is 22.8 Å². The van der Waals surface area contributed by atoms with Gasteiger partial charge in [-0.2, -0.15) is 0 Å². The number of benzene rings is 1. The summed E-state index contributed by atoms with van der Waals surface area (Å²) >= 11 is 0. The Balaban J connectivity index is 1.62. The largest absolute Gasteiger partial charge is 0.355 e. The zero-order valence-electron chi connectivity index (χ0n) is 10.6. The highest BCUT2D eigenvalue weighted by Gasteiger charge is 2.51. The molecule has 2 fully saturated rings. The minimum absolute atomic E-state index is 0.215. The van der Waals surface area contributed by atoms with Crippen molar-refractivity contribution in [3.05, 3.63) is 35.9 Å². The van der Waals surface area contributed by atoms with Gasteiger partial charge in [0.2, 0.25) is 5.91 Å². The maximum Gasteiger partial charge on any atom is 0.230 e. The summed E-state index contributed by atoms with van der Waals surface area (Å²) < 4.78 is 0. The van der Waals surface area contributed by atoms with Crippen LogP contribution >= 0.6 is 0 Å². The molecule has 1 aromatic carbocycles. The van der Waals surface area contributed by atoms with Gasteiger partial charge in [0, 0.05) is 6.54 Å². The predicted molar refractivity (Wildman–Crippen MR) is 71.3 cm³/mol. The molecule has 1 aromatic rings. The maximum absolute atomic E-state index is 12.4. The molecule has 96 valence electrons. The van der Waals surface area contributed by atoms with E-state index in [1.54, 1.807) is 0 Å². The van der Waals surface area contributed by atoms with E-state index in [1.807, 2.05) is 18.2 Å². The van der Waals surface area contributed by atoms with Gasteiger partial charge in [0.1, 0.15) is 0 Å². The molecule has 18 heavy (non-hydrogen) atoms. The van der Waals surface area contributed by atoms with Crippen LogP contribution in [0.25, 0.3) is 0 Å². The smallest absolute Gasteiger partial charge is 0.230 e. The number of carbonyl (C=O) groups excluding carboxylic acids is 1. The van der Waals surface area contributed by atoms with Gasteiger partial charge in [-0.15, -0.1) is 0 Å². The highest BCUT2D eigenvalue weighted by atomic mass is 16.2. The van der Waals surface area contributed by atoms with E-state index in [-0.39, 0.29) is 11.3 Å². The fraction of sp³-hybridized carbons (Fsp3) is 0.533. The van der Waals surface area contributed by atoms with Crippen molar-refractivity contribution in [3.63, 3.8) is 0 Å². The third kappa shape index (κ3) is 2.15. The Kier molecular flexibility index (Phi) is 3.08. The van der Waals surface area contributed by atoms with Crippen molar-refractivity contribution in [2.45, 2.75) is 24.7 Å². The Morgan fingerprint density at radius 3 is 2.72 bits per heavy atom. The number of carbonyl (C=O) groups is 1. The average Bonchev–Trinajstić information content (AvgIpc) is 3.07. The van der Waals surface area contributed by atoms with E-state index in [4.69, 9.17) is 0 Å². The number of hydrogen-bond donors (Lipinski definition) is 2. The van der Waals surface area contributed by atoms with Crippen molar-refractivity contribution in [3.8, 4) is 0 Å². The lowest BCUT2D eigenvalue weighted by atomic mass is 9.95. The van der Waals surface area contributed by atoms with Crippen molar-refractivity contribution in [2.75, 3.05) is 19.6 Å². The molecule has 1 saturated carbocycles. The van der Waals surface area contributed by atoms with E-state index in [0.717, 1.165) is 32.5 Å². The summed E-state index contributed by atoms with van der Waals surface area (Å²) in [5, 5.41) is 6.48. The van der Waals surface area contributed by atoms with E-state index in [9.17, 15) is 4.79 Å². The zero-order valence-corrected chi connectivity index (χ0v) is 10.6. The van der Waals surface area contributed by atoms with Crippen LogP contribution in [-0.2, 0) is 10.2 Å². The lowest BCUT2D eigenvalue weighted by molar-refractivity contribution is -0.123. The van der Waals surface area contributed by atoms with Crippen molar-refractivity contribution >= 4 is 5.91 Å². The standard InChI is InChI=1S/C15H20N2O/c18-14(17-11-12-6-9-16-10-12)15(7-8-15)13-4-2-1-3-5-13/h1-5,12,16H,6-11H2,(H,17,18). The Hall–Kier alpha value is -1.35. The van der Waals surface area contributed by atoms with Gasteiger partial charge >= 0.3 is 0 Å². The molecule has 1 amide bonds. The summed E-state index contributed by atoms with van der Waals surface area (Å²) in [6.07, 6.45) is 3.16. The Bertz CT molecular complexity index is 419. The molecule has 1 saturated heterocycles. The number of amides is 1. The Morgan fingerprint density at radius 1 is 1.33 bits per heavy atom. The van der Waals surface area contributed by atoms with Crippen LogP contribution in [0.1, 0.15) is 24.8 Å². The van der Waals surface area contributed by atoms with Crippen LogP contribution in [0.4, 0.5) is 0 Å². The third-order valence-electron chi connectivity index (χ3n) is 4.22. The van der Waals surface area contributed by atoms with Gasteiger partial charge in [-0.1, -0.05) is 30.3 Å². The summed E-state index contributed by atoms with van der Waals surface area (Å²) in [4.78, 5) is 12.4. The van der Waals surface area contributed by atoms with Crippen molar-refractivity contribution < 1.29 is 4.79 Å². The topological polar surface area (TPSA) is 41.1 Å². The first-order valence-electron chi connectivity index (χ1n) is 6.86. The molecule has 3 nitrogen and oxygen atoms in total. The SMILES string of the molecule is O=C(NCC1CCNC1)C1(c2ccccc2)CC1. The molecule has 0 aromatic heterocycles. The minimum atomic E-state index is -0.215. The highest BCUT2D eigenvalue weighted by molar-refractivity contribution is 5.91. The first-order chi connectivity index (χ1) is 8.81. The molecule has 0 spiro atoms. The molecule has 3 rings (SSSR count). The zero-order chi connectivity index (χ0) is 12.4. The summed E-state index contributed by atoms with van der Waals surface area (Å²) in [7, 11) is 0. The summed E-state index contributed by atoms with van der Waals surface area (Å²) in [6.45, 7) is 2.95. The van der Waals surface area contributed by atoms with Crippen molar-refractivity contribution in [1.82, 2.24) is 10.6 Å². The average molecular weight is 244 g/mol. The highest BCUT2D eigenvalue weighted by Crippen LogP contribution is 2.48. The normalized spacial score (nSPS) is 24.8. The Labute approximate surface area is 108 Å². The summed E-state index contributed by atoms with van der Waals surface area (Å²) in [5.41, 5.74) is 0.958. The van der Waals surface area contributed by atoms with E-state index >= 15 is 0 Å². The molecule has 1 heterocycles. The fourth-order valence-corrected chi connectivity index (χ4v) is 2.82. The van der Waals surface area contributed by atoms with Gasteiger partial charge in [-0.05, 0) is 43.8 Å². The monoisotopic (exact) mass is 244 g/mol. The molecule has 3 heteroatoms. The summed E-state index contributed by atoms with van der Waals surface area (Å²) in [6, 6.07) is 10.2. The number of hydrogen-bond acceptors (Lipinski definition) is 2. The predicted octanol–water partition coefficient (Wildman–Crippen LogP) is 1.44. The molecule has 1 aliphatic heterocycles. The molecule has 1 unspecified atom stereocenters. The molecule has 1 atom stereocenters. The first kappa shape index (κ1) is 11.7. The molecular formula is C15H20N2O. The van der Waals surface area contributed by atoms with Gasteiger partial charge < -0.3 is 10.6 Å². The lowest BCUT2D eigenvalue weighted by Crippen LogP contribution is -2.38. The molecular weight excluding hydrogens is 224 g/mol. The lowest BCUT2D eigenvalue weighted by Gasteiger charge is -2.17. The number of nitrogens with one attached hydrogen (secondary N) is 2. The van der Waals surface area contributed by atoms with Gasteiger partial charge in [-0.3, -0.25) is 4.79 Å². The van der Waals surface area contributed by atoms with Gasteiger partial charge in [0.05, 0.1) is 5.41 Å². The molecule has 0 bridgehead atoms. The van der Waals surface area contributed by atoms with Crippen LogP contribution in [-0.4, -0.2) is 25.5 Å². The quantitative estimate of drug-likeness (QED) is 0.841. The summed E-state index contributed by atoms with van der Waals surface area (Å²) in [5.74, 6) is 0.834. The maximum atomic E-state index is 12.4. The van der Waals surface area contributed by atoms with E-state index in [0.29, 0.717) is 5.92 Å². The molecule has 1 aliphatic carbocycles. The van der Waals surface area contributed by atoms with Crippen LogP contribution < -0.4 is 10.6 Å². The Morgan fingerprint density at radius 2 is 2.11 bits per heavy atom. The molecule has 0 radical (unpaired) electrons. The minimum Gasteiger partial charge on any atom is -0.355 e. The third-order valence-corrected chi connectivity index (χ3v) is 4.22. The molecule has 2 N–H and O–H groups in total.